The fourth-order valence-corrected chi connectivity index (χ4v) is 17.2. The minimum absolute atomic E-state index is 0.238. The lowest BCUT2D eigenvalue weighted by molar-refractivity contribution is 0.202. The molecule has 4 unspecified atom stereocenters. The molecule has 0 spiro atoms. The zero-order chi connectivity index (χ0) is 62.8. The van der Waals surface area contributed by atoms with Gasteiger partial charge in [0.05, 0.1) is 10.0 Å². The monoisotopic (exact) mass is 1250 g/mol. The molecule has 4 aromatic rings. The van der Waals surface area contributed by atoms with E-state index in [0.29, 0.717) is 38.4 Å². The van der Waals surface area contributed by atoms with Gasteiger partial charge in [0.15, 0.2) is 23.3 Å². The molecule has 8 aliphatic carbocycles. The standard InChI is InChI=1S/2C20H26ClF.2C20H26F2/c1-13-3-6-15(7-4-13)16-8-10-17(11-9-16)18-12-5-14(2)20(22)19(18)21;3*1-13-3-6-15(7-4-13)16-8-10-17(11-9-16)18-12-5-14(2)19(21)20(18)22/h4*5,10,12-13,15-16H,3-4,6-9,11H2,1-2H3. The molecule has 8 aliphatic rings. The van der Waals surface area contributed by atoms with Crippen LogP contribution in [0.2, 0.25) is 10.0 Å². The highest BCUT2D eigenvalue weighted by Gasteiger charge is 2.33. The Morgan fingerprint density at radius 3 is 0.795 bits per heavy atom. The second-order valence-electron chi connectivity index (χ2n) is 29.4. The predicted molar refractivity (Wildman–Crippen MR) is 360 cm³/mol. The van der Waals surface area contributed by atoms with Crippen molar-refractivity contribution in [2.24, 2.45) is 71.0 Å². The highest BCUT2D eigenvalue weighted by molar-refractivity contribution is 6.32. The van der Waals surface area contributed by atoms with E-state index in [1.54, 1.807) is 45.0 Å². The number of aryl methyl sites for hydroxylation is 4. The smallest absolute Gasteiger partial charge is 0.166 e. The number of benzene rings is 4. The van der Waals surface area contributed by atoms with Crippen molar-refractivity contribution < 1.29 is 26.3 Å². The second-order valence-corrected chi connectivity index (χ2v) is 30.1. The number of hydrogen-bond acceptors (Lipinski definition) is 0. The Morgan fingerprint density at radius 2 is 0.511 bits per heavy atom. The average Bonchev–Trinajstić information content (AvgIpc) is 2.99. The van der Waals surface area contributed by atoms with Gasteiger partial charge in [-0.25, -0.2) is 26.3 Å². The maximum atomic E-state index is 14.4. The molecule has 8 heteroatoms. The van der Waals surface area contributed by atoms with Crippen molar-refractivity contribution in [3.63, 3.8) is 0 Å². The van der Waals surface area contributed by atoms with Crippen LogP contribution in [-0.4, -0.2) is 0 Å². The Morgan fingerprint density at radius 1 is 0.261 bits per heavy atom. The molecule has 0 amide bonds. The minimum Gasteiger partial charge on any atom is -0.205 e. The normalized spacial score (nSPS) is 29.3. The van der Waals surface area contributed by atoms with Crippen LogP contribution in [-0.2, 0) is 0 Å². The summed E-state index contributed by atoms with van der Waals surface area (Å²) in [5, 5.41) is 0.581. The van der Waals surface area contributed by atoms with Gasteiger partial charge in [-0.05, 0) is 277 Å². The first-order valence-corrected chi connectivity index (χ1v) is 35.6. The zero-order valence-electron chi connectivity index (χ0n) is 54.7. The lowest BCUT2D eigenvalue weighted by Gasteiger charge is -2.34. The van der Waals surface area contributed by atoms with E-state index >= 15 is 0 Å². The van der Waals surface area contributed by atoms with Crippen molar-refractivity contribution in [2.75, 3.05) is 0 Å². The lowest BCUT2D eigenvalue weighted by Crippen LogP contribution is -2.22. The van der Waals surface area contributed by atoms with Crippen molar-refractivity contribution in [3.8, 4) is 0 Å². The van der Waals surface area contributed by atoms with Gasteiger partial charge in [0.1, 0.15) is 11.6 Å². The van der Waals surface area contributed by atoms with Crippen LogP contribution in [0.25, 0.3) is 22.3 Å². The molecule has 0 radical (unpaired) electrons. The molecule has 0 aromatic heterocycles. The molecule has 0 nitrogen and oxygen atoms in total. The number of allylic oxidation sites excluding steroid dienone is 8. The summed E-state index contributed by atoms with van der Waals surface area (Å²) >= 11 is 12.3. The van der Waals surface area contributed by atoms with E-state index < -0.39 is 23.3 Å². The molecule has 88 heavy (non-hydrogen) atoms. The Balaban J connectivity index is 0.000000140. The van der Waals surface area contributed by atoms with Crippen molar-refractivity contribution in [1.29, 1.82) is 0 Å². The first-order valence-electron chi connectivity index (χ1n) is 34.8. The van der Waals surface area contributed by atoms with Gasteiger partial charge in [0.2, 0.25) is 0 Å². The summed E-state index contributed by atoms with van der Waals surface area (Å²) in [6.45, 7) is 16.3. The Bertz CT molecular complexity index is 2680. The molecule has 0 bridgehead atoms. The van der Waals surface area contributed by atoms with E-state index in [9.17, 15) is 26.3 Å². The molecule has 4 atom stereocenters. The van der Waals surface area contributed by atoms with Gasteiger partial charge in [-0.3, -0.25) is 0 Å². The Hall–Kier alpha value is -4.00. The molecule has 4 fully saturated rings. The zero-order valence-corrected chi connectivity index (χ0v) is 56.2. The first-order chi connectivity index (χ1) is 42.2. The number of halogens is 8. The third-order valence-electron chi connectivity index (χ3n) is 23.2. The first kappa shape index (κ1) is 68.4. The SMILES string of the molecule is Cc1ccc(C2=CCC(C3CCC(C)CC3)CC2)c(Cl)c1F.Cc1ccc(C2=CCC(C3CCC(C)CC3)CC2)c(F)c1Cl.Cc1ccc(C2=CCC(C3CCC(C)CC3)CC2)c(F)c1F.Cc1ccc(C2=CCC(C3CCC(C)CC3)CC2)c(F)c1F. The average molecular weight is 1250 g/mol. The molecule has 4 aromatic carbocycles. The van der Waals surface area contributed by atoms with Gasteiger partial charge in [-0.15, -0.1) is 0 Å². The van der Waals surface area contributed by atoms with Crippen LogP contribution in [0.3, 0.4) is 0 Å². The molecule has 12 rings (SSSR count). The second kappa shape index (κ2) is 32.0. The van der Waals surface area contributed by atoms with E-state index in [1.165, 1.54) is 121 Å². The quantitative estimate of drug-likeness (QED) is 0.154. The fraction of sp³-hybridized carbons (Fsp3) is 0.600. The van der Waals surface area contributed by atoms with Crippen molar-refractivity contribution in [2.45, 2.75) is 235 Å². The summed E-state index contributed by atoms with van der Waals surface area (Å²) < 4.78 is 84.1. The van der Waals surface area contributed by atoms with Crippen LogP contribution in [0.15, 0.2) is 72.8 Å². The third-order valence-corrected chi connectivity index (χ3v) is 24.0. The molecule has 0 N–H and O–H groups in total. The molecule has 0 saturated heterocycles. The van der Waals surface area contributed by atoms with Gasteiger partial charge >= 0.3 is 0 Å². The van der Waals surface area contributed by atoms with Crippen molar-refractivity contribution in [1.82, 2.24) is 0 Å². The molecule has 0 aliphatic heterocycles. The Kier molecular flexibility index (Phi) is 24.9. The molecular weight excluding hydrogens is 1150 g/mol. The van der Waals surface area contributed by atoms with Crippen molar-refractivity contribution >= 4 is 45.5 Å². The van der Waals surface area contributed by atoms with Gasteiger partial charge < -0.3 is 0 Å². The third kappa shape index (κ3) is 17.4. The van der Waals surface area contributed by atoms with Crippen molar-refractivity contribution in [3.05, 3.63) is 162 Å². The minimum atomic E-state index is -0.693. The van der Waals surface area contributed by atoms with E-state index in [-0.39, 0.29) is 16.7 Å². The van der Waals surface area contributed by atoms with E-state index in [4.69, 9.17) is 23.2 Å². The van der Waals surface area contributed by atoms with Gasteiger partial charge in [-0.2, -0.15) is 0 Å². The molecule has 480 valence electrons. The van der Waals surface area contributed by atoms with Crippen LogP contribution in [0.1, 0.15) is 252 Å². The van der Waals surface area contributed by atoms with Gasteiger partial charge in [0, 0.05) is 16.7 Å². The summed E-state index contributed by atoms with van der Waals surface area (Å²) in [6.07, 6.45) is 43.7. The summed E-state index contributed by atoms with van der Waals surface area (Å²) in [5.74, 6) is 6.97. The molecular formula is C80H104Cl2F6. The maximum absolute atomic E-state index is 14.4. The summed E-state index contributed by atoms with van der Waals surface area (Å²) in [4.78, 5) is 0. The lowest BCUT2D eigenvalue weighted by atomic mass is 9.71. The Labute approximate surface area is 537 Å². The summed E-state index contributed by atoms with van der Waals surface area (Å²) in [7, 11) is 0. The maximum Gasteiger partial charge on any atom is 0.166 e. The summed E-state index contributed by atoms with van der Waals surface area (Å²) in [6, 6.07) is 14.5. The highest BCUT2D eigenvalue weighted by Crippen LogP contribution is 2.47. The molecule has 4 saturated carbocycles. The van der Waals surface area contributed by atoms with Gasteiger partial charge in [0.25, 0.3) is 0 Å². The molecule has 0 heterocycles. The predicted octanol–water partition coefficient (Wildman–Crippen LogP) is 26.2. The number of hydrogen-bond donors (Lipinski definition) is 0. The van der Waals surface area contributed by atoms with Crippen LogP contribution in [0.5, 0.6) is 0 Å². The van der Waals surface area contributed by atoms with Gasteiger partial charge in [-0.1, -0.05) is 175 Å². The fourth-order valence-electron chi connectivity index (χ4n) is 16.7. The number of rotatable bonds is 8. The largest absolute Gasteiger partial charge is 0.205 e. The van der Waals surface area contributed by atoms with E-state index in [1.807, 2.05) is 31.2 Å². The van der Waals surface area contributed by atoms with Crippen LogP contribution >= 0.6 is 23.2 Å². The highest BCUT2D eigenvalue weighted by atomic mass is 35.5. The van der Waals surface area contributed by atoms with E-state index in [0.717, 1.165) is 163 Å². The van der Waals surface area contributed by atoms with Crippen LogP contribution in [0, 0.1) is 134 Å². The van der Waals surface area contributed by atoms with Crippen LogP contribution in [0.4, 0.5) is 26.3 Å². The topological polar surface area (TPSA) is 0 Å². The van der Waals surface area contributed by atoms with Crippen LogP contribution < -0.4 is 0 Å². The summed E-state index contributed by atoms with van der Waals surface area (Å²) in [5.41, 5.74) is 9.15. The van der Waals surface area contributed by atoms with E-state index in [2.05, 4.69) is 52.0 Å².